The van der Waals surface area contributed by atoms with Crippen molar-refractivity contribution in [3.05, 3.63) is 17.0 Å². The molecule has 1 fully saturated rings. The normalized spacial score (nSPS) is 16.5. The molecule has 2 rings (SSSR count). The Morgan fingerprint density at radius 1 is 1.42 bits per heavy atom. The molecule has 0 radical (unpaired) electrons. The van der Waals surface area contributed by atoms with E-state index in [9.17, 15) is 8.42 Å². The molecule has 108 valence electrons. The maximum Gasteiger partial charge on any atom is 0.252 e. The molecule has 1 aromatic rings. The van der Waals surface area contributed by atoms with Crippen molar-refractivity contribution < 1.29 is 8.42 Å². The number of hydrogen-bond donors (Lipinski definition) is 1. The van der Waals surface area contributed by atoms with Gasteiger partial charge in [-0.15, -0.1) is 11.3 Å². The fourth-order valence-corrected chi connectivity index (χ4v) is 4.65. The van der Waals surface area contributed by atoms with E-state index < -0.39 is 10.0 Å². The number of hydrogen-bond acceptors (Lipinski definition) is 4. The maximum atomic E-state index is 12.3. The number of rotatable bonds is 7. The lowest BCUT2D eigenvalue weighted by atomic mass is 10.3. The first-order valence-corrected chi connectivity index (χ1v) is 8.97. The van der Waals surface area contributed by atoms with Crippen LogP contribution in [0, 0.1) is 0 Å². The third-order valence-electron chi connectivity index (χ3n) is 3.38. The molecule has 1 aliphatic carbocycles. The summed E-state index contributed by atoms with van der Waals surface area (Å²) in [5.74, 6) is 0. The summed E-state index contributed by atoms with van der Waals surface area (Å²) in [6.07, 6.45) is 3.47. The van der Waals surface area contributed by atoms with Gasteiger partial charge in [-0.05, 0) is 45.2 Å². The smallest absolute Gasteiger partial charge is 0.252 e. The molecule has 1 aromatic heterocycles. The van der Waals surface area contributed by atoms with Crippen LogP contribution < -0.4 is 5.32 Å². The molecule has 4 nitrogen and oxygen atoms in total. The van der Waals surface area contributed by atoms with Gasteiger partial charge in [-0.1, -0.05) is 0 Å². The lowest BCUT2D eigenvalue weighted by Crippen LogP contribution is -2.32. The van der Waals surface area contributed by atoms with Gasteiger partial charge in [0.25, 0.3) is 10.0 Å². The van der Waals surface area contributed by atoms with E-state index in [0.29, 0.717) is 10.3 Å². The monoisotopic (exact) mass is 302 g/mol. The van der Waals surface area contributed by atoms with Crippen LogP contribution in [-0.4, -0.2) is 38.4 Å². The molecule has 0 amide bonds. The van der Waals surface area contributed by atoms with Gasteiger partial charge in [0, 0.05) is 30.6 Å². The van der Waals surface area contributed by atoms with Gasteiger partial charge in [-0.3, -0.25) is 0 Å². The molecule has 6 heteroatoms. The molecule has 1 heterocycles. The Morgan fingerprint density at radius 2 is 2.11 bits per heavy atom. The van der Waals surface area contributed by atoms with Crippen LogP contribution in [0.1, 0.15) is 31.6 Å². The number of nitrogens with one attached hydrogen (secondary N) is 1. The van der Waals surface area contributed by atoms with Crippen LogP contribution in [0.15, 0.2) is 16.3 Å². The van der Waals surface area contributed by atoms with Crippen LogP contribution in [-0.2, 0) is 16.4 Å². The molecule has 0 bridgehead atoms. The minimum Gasteiger partial charge on any atom is -0.314 e. The summed E-state index contributed by atoms with van der Waals surface area (Å²) < 4.78 is 26.5. The summed E-state index contributed by atoms with van der Waals surface area (Å²) in [4.78, 5) is 1.13. The van der Waals surface area contributed by atoms with Gasteiger partial charge in [0.05, 0.1) is 0 Å². The van der Waals surface area contributed by atoms with Crippen LogP contribution in [0.25, 0.3) is 0 Å². The van der Waals surface area contributed by atoms with E-state index >= 15 is 0 Å². The first-order valence-electron chi connectivity index (χ1n) is 6.71. The van der Waals surface area contributed by atoms with Crippen LogP contribution in [0.3, 0.4) is 0 Å². The van der Waals surface area contributed by atoms with E-state index in [1.165, 1.54) is 28.5 Å². The van der Waals surface area contributed by atoms with Crippen molar-refractivity contribution in [3.8, 4) is 0 Å². The molecule has 19 heavy (non-hydrogen) atoms. The molecule has 1 saturated carbocycles. The van der Waals surface area contributed by atoms with E-state index in [1.54, 1.807) is 13.1 Å². The molecule has 0 saturated heterocycles. The maximum absolute atomic E-state index is 12.3. The molecule has 0 spiro atoms. The van der Waals surface area contributed by atoms with E-state index in [2.05, 4.69) is 5.32 Å². The van der Waals surface area contributed by atoms with Gasteiger partial charge in [0.15, 0.2) is 0 Å². The highest BCUT2D eigenvalue weighted by Gasteiger charge is 2.25. The van der Waals surface area contributed by atoms with Crippen LogP contribution in [0.2, 0.25) is 0 Å². The van der Waals surface area contributed by atoms with Crippen molar-refractivity contribution in [2.24, 2.45) is 0 Å². The minimum absolute atomic E-state index is 0.0212. The zero-order chi connectivity index (χ0) is 14.0. The zero-order valence-corrected chi connectivity index (χ0v) is 13.4. The SMILES string of the molecule is CC(C)N(C)S(=O)(=O)c1ccc(CCNC2CC2)s1. The van der Waals surface area contributed by atoms with E-state index in [-0.39, 0.29) is 6.04 Å². The Bertz CT molecular complexity index is 519. The highest BCUT2D eigenvalue weighted by atomic mass is 32.2. The average molecular weight is 302 g/mol. The third-order valence-corrected chi connectivity index (χ3v) is 7.03. The van der Waals surface area contributed by atoms with Gasteiger partial charge in [0.2, 0.25) is 0 Å². The highest BCUT2D eigenvalue weighted by molar-refractivity contribution is 7.91. The predicted octanol–water partition coefficient (Wildman–Crippen LogP) is 2.07. The summed E-state index contributed by atoms with van der Waals surface area (Å²) in [6.45, 7) is 4.70. The zero-order valence-electron chi connectivity index (χ0n) is 11.7. The van der Waals surface area contributed by atoms with Crippen molar-refractivity contribution in [2.45, 2.75) is 49.4 Å². The largest absolute Gasteiger partial charge is 0.314 e. The summed E-state index contributed by atoms with van der Waals surface area (Å²) in [5.41, 5.74) is 0. The summed E-state index contributed by atoms with van der Waals surface area (Å²) >= 11 is 1.39. The molecule has 0 aliphatic heterocycles. The number of sulfonamides is 1. The Hall–Kier alpha value is -0.430. The molecule has 1 N–H and O–H groups in total. The van der Waals surface area contributed by atoms with Gasteiger partial charge < -0.3 is 5.32 Å². The summed E-state index contributed by atoms with van der Waals surface area (Å²) in [6, 6.07) is 4.34. The molecule has 0 aromatic carbocycles. The second-order valence-corrected chi connectivity index (χ2v) is 8.71. The van der Waals surface area contributed by atoms with Gasteiger partial charge in [-0.2, -0.15) is 4.31 Å². The quantitative estimate of drug-likeness (QED) is 0.839. The van der Waals surface area contributed by atoms with Gasteiger partial charge >= 0.3 is 0 Å². The van der Waals surface area contributed by atoms with Gasteiger partial charge in [0.1, 0.15) is 4.21 Å². The fourth-order valence-electron chi connectivity index (χ4n) is 1.74. The van der Waals surface area contributed by atoms with Gasteiger partial charge in [-0.25, -0.2) is 8.42 Å². The van der Waals surface area contributed by atoms with Crippen molar-refractivity contribution in [1.82, 2.24) is 9.62 Å². The Balaban J connectivity index is 1.98. The fraction of sp³-hybridized carbons (Fsp3) is 0.692. The molecule has 0 atom stereocenters. The second-order valence-electron chi connectivity index (χ2n) is 5.31. The second kappa shape index (κ2) is 5.91. The molecular weight excluding hydrogens is 280 g/mol. The predicted molar refractivity (Wildman–Crippen MR) is 79.1 cm³/mol. The van der Waals surface area contributed by atoms with Crippen LogP contribution in [0.4, 0.5) is 0 Å². The number of thiophene rings is 1. The Kier molecular flexibility index (Phi) is 4.66. The van der Waals surface area contributed by atoms with Crippen molar-refractivity contribution in [3.63, 3.8) is 0 Å². The molecular formula is C13H22N2O2S2. The van der Waals surface area contributed by atoms with Crippen LogP contribution in [0.5, 0.6) is 0 Å². The third kappa shape index (κ3) is 3.78. The first-order chi connectivity index (χ1) is 8.91. The number of nitrogens with zero attached hydrogens (tertiary/aromatic N) is 1. The van der Waals surface area contributed by atoms with E-state index in [1.807, 2.05) is 19.9 Å². The van der Waals surface area contributed by atoms with E-state index in [0.717, 1.165) is 17.8 Å². The van der Waals surface area contributed by atoms with Crippen molar-refractivity contribution >= 4 is 21.4 Å². The van der Waals surface area contributed by atoms with Crippen LogP contribution >= 0.6 is 11.3 Å². The van der Waals surface area contributed by atoms with Crippen molar-refractivity contribution in [2.75, 3.05) is 13.6 Å². The van der Waals surface area contributed by atoms with E-state index in [4.69, 9.17) is 0 Å². The lowest BCUT2D eigenvalue weighted by Gasteiger charge is -2.19. The Morgan fingerprint density at radius 3 is 2.68 bits per heavy atom. The first kappa shape index (κ1) is 15.0. The highest BCUT2D eigenvalue weighted by Crippen LogP contribution is 2.26. The minimum atomic E-state index is -3.31. The van der Waals surface area contributed by atoms with Crippen molar-refractivity contribution in [1.29, 1.82) is 0 Å². The Labute approximate surface area is 119 Å². The average Bonchev–Trinajstić information content (AvgIpc) is 3.04. The molecule has 1 aliphatic rings. The standard InChI is InChI=1S/C13H22N2O2S2/c1-10(2)15(3)19(16,17)13-7-6-12(18-13)8-9-14-11-4-5-11/h6-7,10-11,14H,4-5,8-9H2,1-3H3. The summed E-state index contributed by atoms with van der Waals surface area (Å²) in [5, 5.41) is 3.44. The lowest BCUT2D eigenvalue weighted by molar-refractivity contribution is 0.412. The topological polar surface area (TPSA) is 49.4 Å². The summed E-state index contributed by atoms with van der Waals surface area (Å²) in [7, 11) is -1.68. The molecule has 0 unspecified atom stereocenters.